The van der Waals surface area contributed by atoms with Crippen molar-refractivity contribution in [3.8, 4) is 0 Å². The second-order valence-electron chi connectivity index (χ2n) is 4.52. The Labute approximate surface area is 113 Å². The molecule has 0 radical (unpaired) electrons. The largest absolute Gasteiger partial charge is 0.468 e. The summed E-state index contributed by atoms with van der Waals surface area (Å²) < 4.78 is 31.0. The lowest BCUT2D eigenvalue weighted by atomic mass is 10.1. The monoisotopic (exact) mass is 279 g/mol. The van der Waals surface area contributed by atoms with Gasteiger partial charge >= 0.3 is 0 Å². The Bertz CT molecular complexity index is 632. The van der Waals surface area contributed by atoms with Gasteiger partial charge in [0.15, 0.2) is 0 Å². The van der Waals surface area contributed by atoms with Crippen molar-refractivity contribution in [3.63, 3.8) is 0 Å². The van der Waals surface area contributed by atoms with Crippen molar-refractivity contribution >= 4 is 10.0 Å². The zero-order valence-corrected chi connectivity index (χ0v) is 11.9. The maximum atomic E-state index is 12.3. The molecule has 0 N–H and O–H groups in total. The molecule has 0 aliphatic rings. The fourth-order valence-corrected chi connectivity index (χ4v) is 3.06. The van der Waals surface area contributed by atoms with Crippen LogP contribution in [-0.2, 0) is 22.3 Å². The van der Waals surface area contributed by atoms with Crippen LogP contribution in [-0.4, -0.2) is 19.8 Å². The van der Waals surface area contributed by atoms with Crippen molar-refractivity contribution in [1.29, 1.82) is 0 Å². The van der Waals surface area contributed by atoms with Gasteiger partial charge in [0.25, 0.3) is 0 Å². The van der Waals surface area contributed by atoms with Crippen LogP contribution in [0.25, 0.3) is 0 Å². The first-order chi connectivity index (χ1) is 8.99. The summed E-state index contributed by atoms with van der Waals surface area (Å²) in [5.41, 5.74) is 1.81. The zero-order valence-electron chi connectivity index (χ0n) is 11.0. The highest BCUT2D eigenvalue weighted by Gasteiger charge is 2.20. The Balaban J connectivity index is 2.12. The highest BCUT2D eigenvalue weighted by atomic mass is 32.2. The number of rotatable bonds is 5. The van der Waals surface area contributed by atoms with E-state index >= 15 is 0 Å². The number of sulfonamides is 1. The number of hydrogen-bond acceptors (Lipinski definition) is 3. The molecule has 0 atom stereocenters. The van der Waals surface area contributed by atoms with E-state index in [1.54, 1.807) is 19.2 Å². The Morgan fingerprint density at radius 1 is 1.16 bits per heavy atom. The fraction of sp³-hybridized carbons (Fsp3) is 0.286. The van der Waals surface area contributed by atoms with Gasteiger partial charge in [0.2, 0.25) is 10.0 Å². The average Bonchev–Trinajstić information content (AvgIpc) is 2.84. The molecular weight excluding hydrogens is 262 g/mol. The molecule has 19 heavy (non-hydrogen) atoms. The molecule has 0 aliphatic carbocycles. The van der Waals surface area contributed by atoms with E-state index in [2.05, 4.69) is 0 Å². The minimum atomic E-state index is -3.34. The van der Waals surface area contributed by atoms with Crippen molar-refractivity contribution in [1.82, 2.24) is 4.31 Å². The average molecular weight is 279 g/mol. The van der Waals surface area contributed by atoms with Crippen molar-refractivity contribution < 1.29 is 12.8 Å². The molecule has 0 amide bonds. The van der Waals surface area contributed by atoms with Gasteiger partial charge in [0, 0.05) is 7.05 Å². The normalized spacial score (nSPS) is 11.9. The molecule has 4 nitrogen and oxygen atoms in total. The third-order valence-electron chi connectivity index (χ3n) is 3.03. The first kappa shape index (κ1) is 13.8. The summed E-state index contributed by atoms with van der Waals surface area (Å²) in [6.07, 6.45) is 1.54. The van der Waals surface area contributed by atoms with E-state index in [0.29, 0.717) is 5.76 Å². The Kier molecular flexibility index (Phi) is 4.07. The lowest BCUT2D eigenvalue weighted by molar-refractivity contribution is 0.406. The van der Waals surface area contributed by atoms with Gasteiger partial charge in [-0.2, -0.15) is 4.31 Å². The maximum absolute atomic E-state index is 12.3. The van der Waals surface area contributed by atoms with Crippen LogP contribution in [0.4, 0.5) is 0 Å². The smallest absolute Gasteiger partial charge is 0.218 e. The summed E-state index contributed by atoms with van der Waals surface area (Å²) in [6.45, 7) is 2.17. The first-order valence-electron chi connectivity index (χ1n) is 6.00. The van der Waals surface area contributed by atoms with Crippen LogP contribution in [0.2, 0.25) is 0 Å². The number of furan rings is 1. The van der Waals surface area contributed by atoms with E-state index < -0.39 is 10.0 Å². The minimum absolute atomic E-state index is 0.0108. The van der Waals surface area contributed by atoms with E-state index in [1.807, 2.05) is 31.2 Å². The molecule has 2 aromatic rings. The van der Waals surface area contributed by atoms with Gasteiger partial charge in [0.05, 0.1) is 18.6 Å². The molecule has 102 valence electrons. The molecule has 0 fully saturated rings. The molecule has 1 aromatic heterocycles. The number of nitrogens with zero attached hydrogens (tertiary/aromatic N) is 1. The van der Waals surface area contributed by atoms with Gasteiger partial charge in [-0.25, -0.2) is 8.42 Å². The Morgan fingerprint density at radius 2 is 1.89 bits per heavy atom. The predicted octanol–water partition coefficient (Wildman–Crippen LogP) is 2.55. The van der Waals surface area contributed by atoms with Crippen LogP contribution < -0.4 is 0 Å². The van der Waals surface area contributed by atoms with Gasteiger partial charge in [0.1, 0.15) is 5.76 Å². The molecule has 0 bridgehead atoms. The lowest BCUT2D eigenvalue weighted by Gasteiger charge is -2.16. The number of aryl methyl sites for hydroxylation is 1. The van der Waals surface area contributed by atoms with Gasteiger partial charge in [-0.05, 0) is 30.2 Å². The maximum Gasteiger partial charge on any atom is 0.218 e. The first-order valence-corrected chi connectivity index (χ1v) is 7.61. The van der Waals surface area contributed by atoms with Crippen molar-refractivity contribution in [2.75, 3.05) is 7.05 Å². The highest BCUT2D eigenvalue weighted by Crippen LogP contribution is 2.15. The van der Waals surface area contributed by atoms with Gasteiger partial charge in [-0.1, -0.05) is 24.3 Å². The third-order valence-corrected chi connectivity index (χ3v) is 4.79. The summed E-state index contributed by atoms with van der Waals surface area (Å²) in [5.74, 6) is 0.646. The van der Waals surface area contributed by atoms with E-state index in [9.17, 15) is 8.42 Å². The molecule has 0 saturated carbocycles. The summed E-state index contributed by atoms with van der Waals surface area (Å²) >= 11 is 0. The molecule has 2 rings (SSSR count). The van der Waals surface area contributed by atoms with Crippen molar-refractivity contribution in [3.05, 3.63) is 59.5 Å². The standard InChI is InChI=1S/C14H17NO3S/c1-12-6-3-4-7-13(12)11-19(16,17)15(2)10-14-8-5-9-18-14/h3-9H,10-11H2,1-2H3. The van der Waals surface area contributed by atoms with E-state index in [4.69, 9.17) is 4.42 Å². The minimum Gasteiger partial charge on any atom is -0.468 e. The fourth-order valence-electron chi connectivity index (χ4n) is 1.80. The van der Waals surface area contributed by atoms with E-state index in [0.717, 1.165) is 11.1 Å². The van der Waals surface area contributed by atoms with Crippen LogP contribution in [0.5, 0.6) is 0 Å². The second kappa shape index (κ2) is 5.59. The summed E-state index contributed by atoms with van der Waals surface area (Å²) in [6, 6.07) is 11.0. The van der Waals surface area contributed by atoms with Gasteiger partial charge < -0.3 is 4.42 Å². The summed E-state index contributed by atoms with van der Waals surface area (Å²) in [5, 5.41) is 0. The zero-order chi connectivity index (χ0) is 13.9. The number of hydrogen-bond donors (Lipinski definition) is 0. The quantitative estimate of drug-likeness (QED) is 0.845. The SMILES string of the molecule is Cc1ccccc1CS(=O)(=O)N(C)Cc1ccco1. The molecule has 0 saturated heterocycles. The van der Waals surface area contributed by atoms with Crippen LogP contribution in [0.1, 0.15) is 16.9 Å². The van der Waals surface area contributed by atoms with Gasteiger partial charge in [-0.15, -0.1) is 0 Å². The summed E-state index contributed by atoms with van der Waals surface area (Å²) in [7, 11) is -1.77. The van der Waals surface area contributed by atoms with Crippen LogP contribution in [0.15, 0.2) is 47.1 Å². The third kappa shape index (κ3) is 3.45. The molecule has 1 aromatic carbocycles. The lowest BCUT2D eigenvalue weighted by Crippen LogP contribution is -2.27. The van der Waals surface area contributed by atoms with Crippen LogP contribution >= 0.6 is 0 Å². The summed E-state index contributed by atoms with van der Waals surface area (Å²) in [4.78, 5) is 0. The predicted molar refractivity (Wildman–Crippen MR) is 74.0 cm³/mol. The second-order valence-corrected chi connectivity index (χ2v) is 6.59. The van der Waals surface area contributed by atoms with Crippen LogP contribution in [0.3, 0.4) is 0 Å². The number of benzene rings is 1. The molecule has 5 heteroatoms. The van der Waals surface area contributed by atoms with Gasteiger partial charge in [-0.3, -0.25) is 0 Å². The van der Waals surface area contributed by atoms with E-state index in [-0.39, 0.29) is 12.3 Å². The molecule has 1 heterocycles. The molecular formula is C14H17NO3S. The van der Waals surface area contributed by atoms with Crippen molar-refractivity contribution in [2.45, 2.75) is 19.2 Å². The Hall–Kier alpha value is -1.59. The molecule has 0 spiro atoms. The van der Waals surface area contributed by atoms with Crippen LogP contribution in [0, 0.1) is 6.92 Å². The highest BCUT2D eigenvalue weighted by molar-refractivity contribution is 7.88. The molecule has 0 unspecified atom stereocenters. The topological polar surface area (TPSA) is 50.5 Å². The molecule has 0 aliphatic heterocycles. The Morgan fingerprint density at radius 3 is 2.53 bits per heavy atom. The van der Waals surface area contributed by atoms with E-state index in [1.165, 1.54) is 10.6 Å². The van der Waals surface area contributed by atoms with Crippen molar-refractivity contribution in [2.24, 2.45) is 0 Å².